The Bertz CT molecular complexity index is 911. The van der Waals surface area contributed by atoms with Crippen LogP contribution in [0.4, 0.5) is 5.69 Å². The van der Waals surface area contributed by atoms with Crippen LogP contribution in [0.5, 0.6) is 11.5 Å². The van der Waals surface area contributed by atoms with Gasteiger partial charge in [0.15, 0.2) is 11.5 Å². The number of fused-ring (bicyclic) bond motifs is 1. The molecule has 0 spiro atoms. The van der Waals surface area contributed by atoms with E-state index in [1.807, 2.05) is 18.2 Å². The zero-order valence-corrected chi connectivity index (χ0v) is 15.2. The molecule has 0 saturated carbocycles. The van der Waals surface area contributed by atoms with Gasteiger partial charge in [-0.15, -0.1) is 0 Å². The van der Waals surface area contributed by atoms with Gasteiger partial charge in [-0.2, -0.15) is 5.10 Å². The Hall–Kier alpha value is -3.03. The van der Waals surface area contributed by atoms with Crippen molar-refractivity contribution >= 4 is 11.6 Å². The van der Waals surface area contributed by atoms with Crippen LogP contribution in [-0.4, -0.2) is 52.9 Å². The standard InChI is InChI=1S/C19H22N4O4/c1-22-18(24)7-5-15(21-22)19(25)23-8-2-3-14(12-23)20-13-4-6-16-17(11-13)27-10-9-26-16/h4-7,11,14,20H,2-3,8-10,12H2,1H3/t14-/m1/s1. The normalized spacial score (nSPS) is 18.9. The van der Waals surface area contributed by atoms with Gasteiger partial charge in [0.25, 0.3) is 11.5 Å². The van der Waals surface area contributed by atoms with Crippen LogP contribution in [-0.2, 0) is 7.05 Å². The number of aromatic nitrogens is 2. The molecule has 1 aromatic carbocycles. The van der Waals surface area contributed by atoms with E-state index in [0.29, 0.717) is 26.3 Å². The van der Waals surface area contributed by atoms with E-state index >= 15 is 0 Å². The molecule has 3 heterocycles. The van der Waals surface area contributed by atoms with Crippen molar-refractivity contribution in [3.63, 3.8) is 0 Å². The van der Waals surface area contributed by atoms with Gasteiger partial charge in [0.05, 0.1) is 0 Å². The quantitative estimate of drug-likeness (QED) is 0.876. The number of aryl methyl sites for hydroxylation is 1. The van der Waals surface area contributed by atoms with E-state index in [1.54, 1.807) is 11.9 Å². The Balaban J connectivity index is 1.44. The van der Waals surface area contributed by atoms with Crippen molar-refractivity contribution in [3.05, 3.63) is 46.4 Å². The Morgan fingerprint density at radius 2 is 2.00 bits per heavy atom. The predicted molar refractivity (Wildman–Crippen MR) is 99.5 cm³/mol. The Morgan fingerprint density at radius 1 is 1.19 bits per heavy atom. The van der Waals surface area contributed by atoms with Gasteiger partial charge in [0.2, 0.25) is 0 Å². The fourth-order valence-electron chi connectivity index (χ4n) is 3.43. The summed E-state index contributed by atoms with van der Waals surface area (Å²) < 4.78 is 12.4. The predicted octanol–water partition coefficient (Wildman–Crippen LogP) is 1.27. The zero-order chi connectivity index (χ0) is 18.8. The van der Waals surface area contributed by atoms with E-state index in [1.165, 1.54) is 16.8 Å². The SMILES string of the molecule is Cn1nc(C(=O)N2CCC[C@@H](Nc3ccc4c(c3)OCCO4)C2)ccc1=O. The van der Waals surface area contributed by atoms with Crippen molar-refractivity contribution in [2.45, 2.75) is 18.9 Å². The van der Waals surface area contributed by atoms with Gasteiger partial charge in [-0.1, -0.05) is 0 Å². The second kappa shape index (κ2) is 7.30. The van der Waals surface area contributed by atoms with Gasteiger partial charge in [-0.3, -0.25) is 9.59 Å². The number of carbonyl (C=O) groups is 1. The monoisotopic (exact) mass is 370 g/mol. The fourth-order valence-corrected chi connectivity index (χ4v) is 3.43. The summed E-state index contributed by atoms with van der Waals surface area (Å²) in [6.45, 7) is 2.38. The third kappa shape index (κ3) is 3.74. The Morgan fingerprint density at radius 3 is 2.81 bits per heavy atom. The Kier molecular flexibility index (Phi) is 4.70. The summed E-state index contributed by atoms with van der Waals surface area (Å²) in [6.07, 6.45) is 1.87. The average Bonchev–Trinajstić information content (AvgIpc) is 2.69. The highest BCUT2D eigenvalue weighted by Gasteiger charge is 2.26. The molecule has 0 unspecified atom stereocenters. The minimum absolute atomic E-state index is 0.137. The lowest BCUT2D eigenvalue weighted by Gasteiger charge is -2.33. The van der Waals surface area contributed by atoms with E-state index in [2.05, 4.69) is 10.4 Å². The molecule has 0 aliphatic carbocycles. The van der Waals surface area contributed by atoms with Crippen molar-refractivity contribution < 1.29 is 14.3 Å². The number of hydrogen-bond acceptors (Lipinski definition) is 6. The lowest BCUT2D eigenvalue weighted by Crippen LogP contribution is -2.45. The van der Waals surface area contributed by atoms with Crippen LogP contribution in [0, 0.1) is 0 Å². The molecule has 4 rings (SSSR count). The molecule has 142 valence electrons. The number of rotatable bonds is 3. The highest BCUT2D eigenvalue weighted by molar-refractivity contribution is 5.92. The summed E-state index contributed by atoms with van der Waals surface area (Å²) in [5.41, 5.74) is 0.999. The summed E-state index contributed by atoms with van der Waals surface area (Å²) in [4.78, 5) is 26.0. The van der Waals surface area contributed by atoms with Crippen LogP contribution >= 0.6 is 0 Å². The lowest BCUT2D eigenvalue weighted by atomic mass is 10.0. The van der Waals surface area contributed by atoms with Crippen molar-refractivity contribution in [1.29, 1.82) is 0 Å². The highest BCUT2D eigenvalue weighted by atomic mass is 16.6. The first-order valence-corrected chi connectivity index (χ1v) is 9.10. The molecule has 2 aliphatic rings. The third-order valence-corrected chi connectivity index (χ3v) is 4.80. The smallest absolute Gasteiger partial charge is 0.274 e. The minimum Gasteiger partial charge on any atom is -0.486 e. The lowest BCUT2D eigenvalue weighted by molar-refractivity contribution is 0.0706. The number of carbonyl (C=O) groups excluding carboxylic acids is 1. The number of hydrogen-bond donors (Lipinski definition) is 1. The van der Waals surface area contributed by atoms with Gasteiger partial charge < -0.3 is 19.7 Å². The van der Waals surface area contributed by atoms with E-state index in [9.17, 15) is 9.59 Å². The van der Waals surface area contributed by atoms with Crippen LogP contribution in [0.15, 0.2) is 35.1 Å². The van der Waals surface area contributed by atoms with Gasteiger partial charge in [0, 0.05) is 44.0 Å². The molecule has 8 nitrogen and oxygen atoms in total. The summed E-state index contributed by atoms with van der Waals surface area (Å²) in [5.74, 6) is 1.34. The van der Waals surface area contributed by atoms with Crippen LogP contribution in [0.2, 0.25) is 0 Å². The highest BCUT2D eigenvalue weighted by Crippen LogP contribution is 2.33. The van der Waals surface area contributed by atoms with Gasteiger partial charge in [0.1, 0.15) is 18.9 Å². The van der Waals surface area contributed by atoms with E-state index < -0.39 is 0 Å². The maximum atomic E-state index is 12.7. The first kappa shape index (κ1) is 17.4. The molecule has 2 aliphatic heterocycles. The molecule has 8 heteroatoms. The van der Waals surface area contributed by atoms with Crippen molar-refractivity contribution in [2.75, 3.05) is 31.6 Å². The molecular formula is C19H22N4O4. The number of benzene rings is 1. The number of anilines is 1. The number of amides is 1. The summed E-state index contributed by atoms with van der Waals surface area (Å²) in [6, 6.07) is 8.79. The topological polar surface area (TPSA) is 85.7 Å². The van der Waals surface area contributed by atoms with Crippen molar-refractivity contribution in [2.24, 2.45) is 7.05 Å². The van der Waals surface area contributed by atoms with Gasteiger partial charge >= 0.3 is 0 Å². The maximum absolute atomic E-state index is 12.7. The molecule has 2 aromatic rings. The second-order valence-electron chi connectivity index (χ2n) is 6.77. The second-order valence-corrected chi connectivity index (χ2v) is 6.77. The summed E-state index contributed by atoms with van der Waals surface area (Å²) in [5, 5.41) is 7.55. The molecule has 1 fully saturated rings. The van der Waals surface area contributed by atoms with Crippen LogP contribution in [0.1, 0.15) is 23.3 Å². The first-order chi connectivity index (χ1) is 13.1. The summed E-state index contributed by atoms with van der Waals surface area (Å²) >= 11 is 0. The number of likely N-dealkylation sites (tertiary alicyclic amines) is 1. The molecule has 1 N–H and O–H groups in total. The third-order valence-electron chi connectivity index (χ3n) is 4.80. The number of piperidine rings is 1. The molecule has 1 amide bonds. The van der Waals surface area contributed by atoms with E-state index in [-0.39, 0.29) is 23.2 Å². The number of ether oxygens (including phenoxy) is 2. The zero-order valence-electron chi connectivity index (χ0n) is 15.2. The molecule has 0 radical (unpaired) electrons. The molecule has 1 saturated heterocycles. The summed E-state index contributed by atoms with van der Waals surface area (Å²) in [7, 11) is 1.54. The van der Waals surface area contributed by atoms with Crippen LogP contribution < -0.4 is 20.3 Å². The van der Waals surface area contributed by atoms with Gasteiger partial charge in [-0.25, -0.2) is 4.68 Å². The van der Waals surface area contributed by atoms with E-state index in [4.69, 9.17) is 9.47 Å². The van der Waals surface area contributed by atoms with Crippen LogP contribution in [0.25, 0.3) is 0 Å². The van der Waals surface area contributed by atoms with Crippen LogP contribution in [0.3, 0.4) is 0 Å². The first-order valence-electron chi connectivity index (χ1n) is 9.10. The largest absolute Gasteiger partial charge is 0.486 e. The molecular weight excluding hydrogens is 348 g/mol. The number of nitrogens with zero attached hydrogens (tertiary/aromatic N) is 3. The average molecular weight is 370 g/mol. The van der Waals surface area contributed by atoms with E-state index in [0.717, 1.165) is 30.0 Å². The van der Waals surface area contributed by atoms with Gasteiger partial charge in [-0.05, 0) is 31.0 Å². The molecule has 1 aromatic heterocycles. The Labute approximate surface area is 156 Å². The van der Waals surface area contributed by atoms with Crippen molar-refractivity contribution in [3.8, 4) is 11.5 Å². The minimum atomic E-state index is -0.233. The molecule has 27 heavy (non-hydrogen) atoms. The molecule has 0 bridgehead atoms. The van der Waals surface area contributed by atoms with Crippen molar-refractivity contribution in [1.82, 2.24) is 14.7 Å². The maximum Gasteiger partial charge on any atom is 0.274 e. The number of nitrogens with one attached hydrogen (secondary N) is 1. The molecule has 1 atom stereocenters. The fraction of sp³-hybridized carbons (Fsp3) is 0.421.